The van der Waals surface area contributed by atoms with Crippen LogP contribution in [0.2, 0.25) is 0 Å². The molecular formula is C11H12BrNO. The third kappa shape index (κ3) is 1.88. The van der Waals surface area contributed by atoms with Crippen LogP contribution in [0, 0.1) is 0 Å². The molecule has 1 N–H and O–H groups in total. The van der Waals surface area contributed by atoms with E-state index in [0.717, 1.165) is 17.4 Å². The van der Waals surface area contributed by atoms with Crippen LogP contribution >= 0.6 is 15.9 Å². The molecular weight excluding hydrogens is 242 g/mol. The Bertz CT molecular complexity index is 376. The van der Waals surface area contributed by atoms with Crippen molar-refractivity contribution in [3.8, 4) is 0 Å². The lowest BCUT2D eigenvalue weighted by molar-refractivity contribution is -0.119. The van der Waals surface area contributed by atoms with E-state index in [-0.39, 0.29) is 11.8 Å². The Morgan fingerprint density at radius 2 is 2.29 bits per heavy atom. The number of rotatable bonds is 1. The van der Waals surface area contributed by atoms with E-state index in [9.17, 15) is 4.79 Å². The molecule has 1 atom stereocenters. The molecule has 14 heavy (non-hydrogen) atoms. The van der Waals surface area contributed by atoms with Crippen molar-refractivity contribution < 1.29 is 4.79 Å². The molecule has 0 aliphatic carbocycles. The first kappa shape index (κ1) is 9.87. The summed E-state index contributed by atoms with van der Waals surface area (Å²) in [7, 11) is 0. The fraction of sp³-hybridized carbons (Fsp3) is 0.364. The molecule has 1 aliphatic heterocycles. The highest BCUT2D eigenvalue weighted by Crippen LogP contribution is 2.21. The molecule has 2 rings (SSSR count). The van der Waals surface area contributed by atoms with Gasteiger partial charge < -0.3 is 5.32 Å². The van der Waals surface area contributed by atoms with Gasteiger partial charge in [-0.15, -0.1) is 0 Å². The molecule has 0 amide bonds. The maximum absolute atomic E-state index is 11.2. The van der Waals surface area contributed by atoms with Crippen LogP contribution in [0.1, 0.15) is 18.1 Å². The quantitative estimate of drug-likeness (QED) is 0.831. The molecule has 1 aromatic carbocycles. The highest BCUT2D eigenvalue weighted by molar-refractivity contribution is 9.10. The second-order valence-corrected chi connectivity index (χ2v) is 4.58. The topological polar surface area (TPSA) is 29.1 Å². The molecule has 0 fully saturated rings. The van der Waals surface area contributed by atoms with Crippen LogP contribution in [-0.4, -0.2) is 11.8 Å². The van der Waals surface area contributed by atoms with Gasteiger partial charge >= 0.3 is 0 Å². The molecule has 0 saturated heterocycles. The van der Waals surface area contributed by atoms with E-state index in [1.54, 1.807) is 6.92 Å². The number of halogens is 1. The van der Waals surface area contributed by atoms with Crippen molar-refractivity contribution in [2.45, 2.75) is 25.9 Å². The second kappa shape index (κ2) is 3.83. The normalized spacial score (nSPS) is 20.3. The van der Waals surface area contributed by atoms with Crippen molar-refractivity contribution in [2.24, 2.45) is 0 Å². The molecule has 1 aromatic rings. The van der Waals surface area contributed by atoms with Gasteiger partial charge in [0.2, 0.25) is 0 Å². The van der Waals surface area contributed by atoms with Crippen LogP contribution in [-0.2, 0) is 17.8 Å². The van der Waals surface area contributed by atoms with Gasteiger partial charge in [0.25, 0.3) is 0 Å². The van der Waals surface area contributed by atoms with E-state index in [1.165, 1.54) is 11.1 Å². The van der Waals surface area contributed by atoms with E-state index in [2.05, 4.69) is 33.4 Å². The summed E-state index contributed by atoms with van der Waals surface area (Å²) in [5.74, 6) is 0.218. The predicted molar refractivity (Wildman–Crippen MR) is 59.2 cm³/mol. The van der Waals surface area contributed by atoms with Crippen LogP contribution in [0.5, 0.6) is 0 Å². The molecule has 0 radical (unpaired) electrons. The van der Waals surface area contributed by atoms with Crippen molar-refractivity contribution in [3.63, 3.8) is 0 Å². The van der Waals surface area contributed by atoms with Gasteiger partial charge in [0.05, 0.1) is 6.04 Å². The smallest absolute Gasteiger partial charge is 0.147 e. The number of carbonyl (C=O) groups excluding carboxylic acids is 1. The largest absolute Gasteiger partial charge is 0.303 e. The second-order valence-electron chi connectivity index (χ2n) is 3.66. The van der Waals surface area contributed by atoms with Crippen LogP contribution in [0.25, 0.3) is 0 Å². The summed E-state index contributed by atoms with van der Waals surface area (Å²) >= 11 is 3.44. The summed E-state index contributed by atoms with van der Waals surface area (Å²) in [6.45, 7) is 2.44. The van der Waals surface area contributed by atoms with E-state index in [1.807, 2.05) is 6.07 Å². The van der Waals surface area contributed by atoms with E-state index in [4.69, 9.17) is 0 Å². The summed E-state index contributed by atoms with van der Waals surface area (Å²) < 4.78 is 1.08. The van der Waals surface area contributed by atoms with E-state index in [0.29, 0.717) is 0 Å². The molecule has 1 aliphatic rings. The van der Waals surface area contributed by atoms with Crippen molar-refractivity contribution in [1.82, 2.24) is 5.32 Å². The van der Waals surface area contributed by atoms with Crippen molar-refractivity contribution >= 4 is 21.7 Å². The lowest BCUT2D eigenvalue weighted by atomic mass is 9.94. The maximum atomic E-state index is 11.2. The van der Waals surface area contributed by atoms with Crippen molar-refractivity contribution in [2.75, 3.05) is 0 Å². The zero-order valence-electron chi connectivity index (χ0n) is 8.01. The number of Topliss-reactive ketones (excluding diaryl/α,β-unsaturated/α-hetero) is 1. The van der Waals surface area contributed by atoms with Gasteiger partial charge in [-0.1, -0.05) is 22.0 Å². The Labute approximate surface area is 91.8 Å². The van der Waals surface area contributed by atoms with Gasteiger partial charge in [0, 0.05) is 11.0 Å². The number of hydrogen-bond donors (Lipinski definition) is 1. The summed E-state index contributed by atoms with van der Waals surface area (Å²) in [6, 6.07) is 6.24. The summed E-state index contributed by atoms with van der Waals surface area (Å²) in [4.78, 5) is 11.2. The Hall–Kier alpha value is -0.670. The summed E-state index contributed by atoms with van der Waals surface area (Å²) in [5, 5.41) is 3.23. The standard InChI is InChI=1S/C11H12BrNO/c1-7(14)11-5-9-4-10(12)3-2-8(9)6-13-11/h2-4,11,13H,5-6H2,1H3. The van der Waals surface area contributed by atoms with Gasteiger partial charge in [-0.2, -0.15) is 0 Å². The SMILES string of the molecule is CC(=O)C1Cc2cc(Br)ccc2CN1. The summed E-state index contributed by atoms with van der Waals surface area (Å²) in [6.07, 6.45) is 0.810. The monoisotopic (exact) mass is 253 g/mol. The number of nitrogens with one attached hydrogen (secondary N) is 1. The van der Waals surface area contributed by atoms with Crippen LogP contribution in [0.3, 0.4) is 0 Å². The van der Waals surface area contributed by atoms with E-state index >= 15 is 0 Å². The molecule has 1 heterocycles. The maximum Gasteiger partial charge on any atom is 0.147 e. The Morgan fingerprint density at radius 3 is 3.00 bits per heavy atom. The molecule has 0 spiro atoms. The molecule has 0 aromatic heterocycles. The van der Waals surface area contributed by atoms with Crippen molar-refractivity contribution in [1.29, 1.82) is 0 Å². The van der Waals surface area contributed by atoms with Gasteiger partial charge in [-0.3, -0.25) is 4.79 Å². The zero-order chi connectivity index (χ0) is 10.1. The Kier molecular flexibility index (Phi) is 2.70. The minimum Gasteiger partial charge on any atom is -0.303 e. The number of carbonyl (C=O) groups is 1. The lowest BCUT2D eigenvalue weighted by Crippen LogP contribution is -2.40. The van der Waals surface area contributed by atoms with Crippen LogP contribution < -0.4 is 5.32 Å². The fourth-order valence-corrected chi connectivity index (χ4v) is 2.18. The third-order valence-corrected chi connectivity index (χ3v) is 3.12. The first-order chi connectivity index (χ1) is 6.66. The third-order valence-electron chi connectivity index (χ3n) is 2.62. The number of benzene rings is 1. The fourth-order valence-electron chi connectivity index (χ4n) is 1.77. The highest BCUT2D eigenvalue weighted by Gasteiger charge is 2.20. The minimum atomic E-state index is -0.00296. The highest BCUT2D eigenvalue weighted by atomic mass is 79.9. The molecule has 0 bridgehead atoms. The molecule has 2 nitrogen and oxygen atoms in total. The molecule has 74 valence electrons. The van der Waals surface area contributed by atoms with Crippen molar-refractivity contribution in [3.05, 3.63) is 33.8 Å². The molecule has 3 heteroatoms. The van der Waals surface area contributed by atoms with Gasteiger partial charge in [0.1, 0.15) is 5.78 Å². The summed E-state index contributed by atoms with van der Waals surface area (Å²) in [5.41, 5.74) is 2.57. The van der Waals surface area contributed by atoms with E-state index < -0.39 is 0 Å². The average Bonchev–Trinajstić information content (AvgIpc) is 2.16. The lowest BCUT2D eigenvalue weighted by Gasteiger charge is -2.24. The zero-order valence-corrected chi connectivity index (χ0v) is 9.60. The number of fused-ring (bicyclic) bond motifs is 1. The number of hydrogen-bond acceptors (Lipinski definition) is 2. The van der Waals surface area contributed by atoms with Gasteiger partial charge in [-0.25, -0.2) is 0 Å². The van der Waals surface area contributed by atoms with Gasteiger partial charge in [-0.05, 0) is 36.6 Å². The Balaban J connectivity index is 2.29. The average molecular weight is 254 g/mol. The predicted octanol–water partition coefficient (Wildman–Crippen LogP) is 2.05. The van der Waals surface area contributed by atoms with Crippen LogP contribution in [0.4, 0.5) is 0 Å². The Morgan fingerprint density at radius 1 is 1.50 bits per heavy atom. The minimum absolute atomic E-state index is 0.00296. The first-order valence-corrected chi connectivity index (χ1v) is 5.47. The first-order valence-electron chi connectivity index (χ1n) is 4.68. The van der Waals surface area contributed by atoms with Crippen LogP contribution in [0.15, 0.2) is 22.7 Å². The molecule has 0 saturated carbocycles. The van der Waals surface area contributed by atoms with Gasteiger partial charge in [0.15, 0.2) is 0 Å². The molecule has 1 unspecified atom stereocenters. The number of ketones is 1.